The Hall–Kier alpha value is -1.74. The second-order valence-electron chi connectivity index (χ2n) is 6.63. The summed E-state index contributed by atoms with van der Waals surface area (Å²) in [5.74, 6) is 6.36. The minimum Gasteiger partial charge on any atom is -0.364 e. The van der Waals surface area contributed by atoms with Crippen LogP contribution in [0, 0.1) is 17.8 Å². The van der Waals surface area contributed by atoms with Gasteiger partial charge in [-0.1, -0.05) is 29.1 Å². The smallest absolute Gasteiger partial charge is 0.267 e. The Labute approximate surface area is 155 Å². The van der Waals surface area contributed by atoms with E-state index in [4.69, 9.17) is 28.9 Å². The highest BCUT2D eigenvalue weighted by Crippen LogP contribution is 2.38. The van der Waals surface area contributed by atoms with Crippen molar-refractivity contribution in [1.82, 2.24) is 14.9 Å². The van der Waals surface area contributed by atoms with Crippen LogP contribution in [-0.2, 0) is 0 Å². The number of rotatable bonds is 2. The predicted octanol–water partition coefficient (Wildman–Crippen LogP) is 3.13. The number of carbonyl (C=O) groups is 1. The van der Waals surface area contributed by atoms with Gasteiger partial charge in [0, 0.05) is 18.5 Å². The fraction of sp³-hybridized carbons (Fsp3) is 0.444. The number of hydrogen-bond acceptors (Lipinski definition) is 3. The zero-order chi connectivity index (χ0) is 17.6. The first-order valence-electron chi connectivity index (χ1n) is 8.48. The molecule has 4 rings (SSSR count). The summed E-state index contributed by atoms with van der Waals surface area (Å²) in [5, 5.41) is 4.91. The molecule has 7 heteroatoms. The number of amides is 1. The fourth-order valence-electron chi connectivity index (χ4n) is 3.26. The SMILES string of the molecule is NC(=O)c1cc(Cl)c2c(Cl)c(C#CC3CC3)n([C@H]3CCCNC3)c2n1. The summed E-state index contributed by atoms with van der Waals surface area (Å²) in [4.78, 5) is 16.1. The molecule has 0 bridgehead atoms. The average molecular weight is 377 g/mol. The van der Waals surface area contributed by atoms with E-state index >= 15 is 0 Å². The number of nitrogens with two attached hydrogens (primary N) is 1. The molecular weight excluding hydrogens is 359 g/mol. The van der Waals surface area contributed by atoms with Crippen molar-refractivity contribution in [1.29, 1.82) is 0 Å². The molecule has 3 N–H and O–H groups in total. The van der Waals surface area contributed by atoms with Crippen LogP contribution in [0.15, 0.2) is 6.07 Å². The van der Waals surface area contributed by atoms with Gasteiger partial charge < -0.3 is 15.6 Å². The molecule has 0 radical (unpaired) electrons. The highest BCUT2D eigenvalue weighted by atomic mass is 35.5. The van der Waals surface area contributed by atoms with E-state index in [1.54, 1.807) is 0 Å². The molecule has 0 unspecified atom stereocenters. The molecule has 25 heavy (non-hydrogen) atoms. The summed E-state index contributed by atoms with van der Waals surface area (Å²) in [6.45, 7) is 1.80. The second kappa shape index (κ2) is 6.53. The summed E-state index contributed by atoms with van der Waals surface area (Å²) in [5.41, 5.74) is 6.86. The number of pyridine rings is 1. The minimum absolute atomic E-state index is 0.137. The topological polar surface area (TPSA) is 72.9 Å². The van der Waals surface area contributed by atoms with Gasteiger partial charge in [-0.15, -0.1) is 0 Å². The lowest BCUT2D eigenvalue weighted by Crippen LogP contribution is -2.32. The predicted molar refractivity (Wildman–Crippen MR) is 99.0 cm³/mol. The maximum Gasteiger partial charge on any atom is 0.267 e. The lowest BCUT2D eigenvalue weighted by atomic mass is 10.1. The highest BCUT2D eigenvalue weighted by molar-refractivity contribution is 6.43. The number of nitrogens with one attached hydrogen (secondary N) is 1. The molecule has 1 saturated heterocycles. The van der Waals surface area contributed by atoms with Crippen LogP contribution in [0.3, 0.4) is 0 Å². The summed E-state index contributed by atoms with van der Waals surface area (Å²) < 4.78 is 2.04. The van der Waals surface area contributed by atoms with Crippen LogP contribution in [0.1, 0.15) is 47.9 Å². The molecule has 0 spiro atoms. The Balaban J connectivity index is 1.97. The lowest BCUT2D eigenvalue weighted by Gasteiger charge is -2.25. The third-order valence-electron chi connectivity index (χ3n) is 4.71. The summed E-state index contributed by atoms with van der Waals surface area (Å²) >= 11 is 13.0. The van der Waals surface area contributed by atoms with Gasteiger partial charge in [0.2, 0.25) is 0 Å². The van der Waals surface area contributed by atoms with Crippen molar-refractivity contribution in [2.45, 2.75) is 31.7 Å². The van der Waals surface area contributed by atoms with Gasteiger partial charge in [0.1, 0.15) is 17.0 Å². The maximum atomic E-state index is 11.6. The normalized spacial score (nSPS) is 20.3. The van der Waals surface area contributed by atoms with Gasteiger partial charge in [-0.05, 0) is 44.2 Å². The van der Waals surface area contributed by atoms with Gasteiger partial charge in [0.15, 0.2) is 0 Å². The van der Waals surface area contributed by atoms with E-state index in [2.05, 4.69) is 22.1 Å². The van der Waals surface area contributed by atoms with Gasteiger partial charge in [0.05, 0.1) is 15.4 Å². The van der Waals surface area contributed by atoms with Gasteiger partial charge >= 0.3 is 0 Å². The molecule has 0 aromatic carbocycles. The minimum atomic E-state index is -0.611. The Morgan fingerprint density at radius 2 is 2.16 bits per heavy atom. The van der Waals surface area contributed by atoms with E-state index in [0.717, 1.165) is 44.5 Å². The average Bonchev–Trinajstić information content (AvgIpc) is 3.38. The molecule has 130 valence electrons. The standard InChI is InChI=1S/C18H18Cl2N4O/c19-12-8-13(17(21)25)23-18-15(12)16(20)14(6-5-10-3-4-10)24(18)11-2-1-7-22-9-11/h8,10-11,22H,1-4,7,9H2,(H2,21,25)/t11-/m0/s1. The van der Waals surface area contributed by atoms with Crippen LogP contribution in [0.4, 0.5) is 0 Å². The summed E-state index contributed by atoms with van der Waals surface area (Å²) in [6, 6.07) is 1.64. The molecule has 5 nitrogen and oxygen atoms in total. The molecule has 1 amide bonds. The zero-order valence-corrected chi connectivity index (χ0v) is 15.1. The number of piperidine rings is 1. The Morgan fingerprint density at radius 1 is 1.36 bits per heavy atom. The second-order valence-corrected chi connectivity index (χ2v) is 7.41. The number of carbonyl (C=O) groups excluding carboxylic acids is 1. The monoisotopic (exact) mass is 376 g/mol. The largest absolute Gasteiger partial charge is 0.364 e. The van der Waals surface area contributed by atoms with E-state index in [0.29, 0.717) is 27.0 Å². The summed E-state index contributed by atoms with van der Waals surface area (Å²) in [7, 11) is 0. The van der Waals surface area contributed by atoms with E-state index in [9.17, 15) is 4.79 Å². The van der Waals surface area contributed by atoms with E-state index < -0.39 is 5.91 Å². The number of nitrogens with zero attached hydrogens (tertiary/aromatic N) is 2. The molecule has 3 heterocycles. The van der Waals surface area contributed by atoms with E-state index in [1.165, 1.54) is 6.07 Å². The van der Waals surface area contributed by atoms with Crippen molar-refractivity contribution in [3.05, 3.63) is 27.5 Å². The maximum absolute atomic E-state index is 11.6. The summed E-state index contributed by atoms with van der Waals surface area (Å²) in [6.07, 6.45) is 4.33. The fourth-order valence-corrected chi connectivity index (χ4v) is 3.91. The molecule has 1 aliphatic heterocycles. The van der Waals surface area contributed by atoms with Crippen LogP contribution in [0.5, 0.6) is 0 Å². The molecule has 2 aromatic rings. The number of hydrogen-bond donors (Lipinski definition) is 2. The molecular formula is C18H18Cl2N4O. The molecule has 2 aromatic heterocycles. The number of fused-ring (bicyclic) bond motifs is 1. The first kappa shape index (κ1) is 16.7. The first-order chi connectivity index (χ1) is 12.1. The molecule has 2 aliphatic rings. The van der Waals surface area contributed by atoms with Gasteiger partial charge in [-0.3, -0.25) is 4.79 Å². The number of primary amides is 1. The van der Waals surface area contributed by atoms with Crippen molar-refractivity contribution >= 4 is 40.1 Å². The van der Waals surface area contributed by atoms with Crippen LogP contribution >= 0.6 is 23.2 Å². The van der Waals surface area contributed by atoms with Crippen molar-refractivity contribution < 1.29 is 4.79 Å². The van der Waals surface area contributed by atoms with Gasteiger partial charge in [0.25, 0.3) is 5.91 Å². The van der Waals surface area contributed by atoms with Crippen LogP contribution < -0.4 is 11.1 Å². The van der Waals surface area contributed by atoms with Crippen molar-refractivity contribution in [3.8, 4) is 11.8 Å². The zero-order valence-electron chi connectivity index (χ0n) is 13.6. The number of aromatic nitrogens is 2. The Bertz CT molecular complexity index is 915. The molecule has 1 aliphatic carbocycles. The Morgan fingerprint density at radius 3 is 2.80 bits per heavy atom. The number of halogens is 2. The van der Waals surface area contributed by atoms with E-state index in [-0.39, 0.29) is 11.7 Å². The van der Waals surface area contributed by atoms with Crippen molar-refractivity contribution in [2.24, 2.45) is 11.7 Å². The third kappa shape index (κ3) is 3.10. The molecule has 2 fully saturated rings. The van der Waals surface area contributed by atoms with Gasteiger partial charge in [-0.2, -0.15) is 0 Å². The molecule has 1 atom stereocenters. The van der Waals surface area contributed by atoms with Crippen LogP contribution in [0.25, 0.3) is 11.0 Å². The van der Waals surface area contributed by atoms with Crippen molar-refractivity contribution in [3.63, 3.8) is 0 Å². The molecule has 1 saturated carbocycles. The van der Waals surface area contributed by atoms with Crippen LogP contribution in [0.2, 0.25) is 10.0 Å². The quantitative estimate of drug-likeness (QED) is 0.790. The van der Waals surface area contributed by atoms with Gasteiger partial charge in [-0.25, -0.2) is 4.98 Å². The van der Waals surface area contributed by atoms with Crippen molar-refractivity contribution in [2.75, 3.05) is 13.1 Å². The first-order valence-corrected chi connectivity index (χ1v) is 9.24. The highest BCUT2D eigenvalue weighted by Gasteiger charge is 2.27. The Kier molecular flexibility index (Phi) is 4.36. The van der Waals surface area contributed by atoms with Crippen LogP contribution in [-0.4, -0.2) is 28.5 Å². The third-order valence-corrected chi connectivity index (χ3v) is 5.38. The van der Waals surface area contributed by atoms with E-state index in [1.807, 2.05) is 4.57 Å². The lowest BCUT2D eigenvalue weighted by molar-refractivity contribution is 0.0996.